The molecule has 3 unspecified atom stereocenters. The van der Waals surface area contributed by atoms with Crippen molar-refractivity contribution < 1.29 is 0 Å². The molecule has 0 amide bonds. The average Bonchev–Trinajstić information content (AvgIpc) is 1.64. The molecule has 0 aromatic heterocycles. The lowest BCUT2D eigenvalue weighted by atomic mass is 9.65. The molecule has 4 heteroatoms. The van der Waals surface area contributed by atoms with E-state index in [1.54, 1.807) is 0 Å². The fourth-order valence-electron chi connectivity index (χ4n) is 16.2. The second-order valence-corrected chi connectivity index (χ2v) is 32.2. The van der Waals surface area contributed by atoms with Crippen molar-refractivity contribution >= 4 is 69.8 Å². The van der Waals surface area contributed by atoms with Crippen LogP contribution in [0.5, 0.6) is 0 Å². The van der Waals surface area contributed by atoms with E-state index in [-0.39, 0.29) is 10.8 Å². The zero-order chi connectivity index (χ0) is 71.2. The lowest BCUT2D eigenvalue weighted by Gasteiger charge is -2.37. The normalized spacial score (nSPS) is 16.4. The third-order valence-electron chi connectivity index (χ3n) is 21.6. The van der Waals surface area contributed by atoms with Crippen LogP contribution in [0.4, 0.5) is 34.1 Å². The minimum atomic E-state index is -0.610. The molecule has 104 heavy (non-hydrogen) atoms. The minimum Gasteiger partial charge on any atom is -0.310 e. The van der Waals surface area contributed by atoms with Gasteiger partial charge in [0.2, 0.25) is 0 Å². The Bertz CT molecular complexity index is 5350. The molecule has 0 fully saturated rings. The van der Waals surface area contributed by atoms with Crippen LogP contribution in [0.3, 0.4) is 0 Å². The van der Waals surface area contributed by atoms with Crippen molar-refractivity contribution in [2.75, 3.05) is 9.80 Å². The van der Waals surface area contributed by atoms with Gasteiger partial charge in [-0.25, -0.2) is 0 Å². The van der Waals surface area contributed by atoms with Gasteiger partial charge in [0.1, 0.15) is 0 Å². The standard InChI is InChI=1S/C100H86N2S2/c1-9-69-29-33-71(34-30-69)67-103-87-59-49-79(50-60-87)99(77-45-41-75(42-46-77)97(3,4)5)93-27-19-17-25-89(93)91-63-57-85(65-95(91)99)101(81-21-13-11-14-22-81)83-53-37-73(38-54-83)74-39-55-84(56-40-74)102(82-23-15-12-16-24-82)86-58-64-92-90-26-18-20-28-94(90)100(96(92)66-86,78-47-43-76(44-48-78)98(6,7)8)80-51-61-88(62-52-80)104-68-72-35-31-70(10-2)32-36-72/h9-61,63-66,88H,1-2,62,67-68H2,3-8H3. The van der Waals surface area contributed by atoms with Crippen LogP contribution < -0.4 is 9.80 Å². The SMILES string of the molecule is C=Cc1ccc(CSc2ccc(C3(c4ccc(C(C)(C)C)cc4)c4ccccc4-c4ccc(N(c5ccccc5)c5ccc(-c6ccc(N(c7ccccc7)c7ccc8c(c7)C(C7=CCC(SCc9ccc(C=C)cc9)C=C7)(c7ccc(C(C)(C)C)cc7)c7ccccc7-8)cc6)cc5)cc43)cc2)cc1. The van der Waals surface area contributed by atoms with Gasteiger partial charge in [-0.15, -0.1) is 23.5 Å². The lowest BCUT2D eigenvalue weighted by molar-refractivity contribution is 0.589. The van der Waals surface area contributed by atoms with E-state index in [4.69, 9.17) is 0 Å². The van der Waals surface area contributed by atoms with Gasteiger partial charge in [0.05, 0.1) is 10.8 Å². The highest BCUT2D eigenvalue weighted by Crippen LogP contribution is 2.60. The Kier molecular flexibility index (Phi) is 18.2. The van der Waals surface area contributed by atoms with Gasteiger partial charge < -0.3 is 9.80 Å². The van der Waals surface area contributed by atoms with E-state index in [1.807, 2.05) is 35.7 Å². The largest absolute Gasteiger partial charge is 0.310 e. The van der Waals surface area contributed by atoms with Crippen molar-refractivity contribution in [1.82, 2.24) is 0 Å². The van der Waals surface area contributed by atoms with Crippen LogP contribution >= 0.6 is 23.5 Å². The van der Waals surface area contributed by atoms with E-state index in [0.29, 0.717) is 5.25 Å². The Morgan fingerprint density at radius 3 is 1.20 bits per heavy atom. The maximum absolute atomic E-state index is 3.97. The van der Waals surface area contributed by atoms with Crippen LogP contribution in [-0.4, -0.2) is 5.25 Å². The van der Waals surface area contributed by atoms with Gasteiger partial charge >= 0.3 is 0 Å². The molecular weight excluding hydrogens is 1290 g/mol. The number of hydrogen-bond acceptors (Lipinski definition) is 4. The molecule has 3 atom stereocenters. The van der Waals surface area contributed by atoms with Gasteiger partial charge in [0.15, 0.2) is 0 Å². The van der Waals surface area contributed by atoms with Crippen LogP contribution in [0.15, 0.2) is 357 Å². The molecule has 3 aliphatic rings. The molecule has 0 saturated carbocycles. The van der Waals surface area contributed by atoms with E-state index in [9.17, 15) is 0 Å². The second kappa shape index (κ2) is 28.1. The number of nitrogens with zero attached hydrogens (tertiary/aromatic N) is 2. The zero-order valence-electron chi connectivity index (χ0n) is 60.2. The molecule has 0 aliphatic heterocycles. The number of anilines is 6. The molecular formula is C100H86N2S2. The highest BCUT2D eigenvalue weighted by atomic mass is 32.2. The van der Waals surface area contributed by atoms with E-state index in [0.717, 1.165) is 74.3 Å². The maximum Gasteiger partial charge on any atom is 0.0714 e. The number of fused-ring (bicyclic) bond motifs is 6. The summed E-state index contributed by atoms with van der Waals surface area (Å²) in [5, 5.41) is 0.359. The first-order valence-electron chi connectivity index (χ1n) is 36.5. The Morgan fingerprint density at radius 2 is 0.760 bits per heavy atom. The number of thioether (sulfide) groups is 2. The highest BCUT2D eigenvalue weighted by molar-refractivity contribution is 7.99. The van der Waals surface area contributed by atoms with Gasteiger partial charge in [-0.2, -0.15) is 0 Å². The lowest BCUT2D eigenvalue weighted by Crippen LogP contribution is -2.30. The van der Waals surface area contributed by atoms with Gasteiger partial charge in [-0.1, -0.05) is 316 Å². The summed E-state index contributed by atoms with van der Waals surface area (Å²) in [6, 6.07) is 119. The molecule has 0 bridgehead atoms. The minimum absolute atomic E-state index is 0.000882. The first-order valence-corrected chi connectivity index (χ1v) is 38.5. The Morgan fingerprint density at radius 1 is 0.375 bits per heavy atom. The summed E-state index contributed by atoms with van der Waals surface area (Å²) in [4.78, 5) is 6.10. The number of rotatable bonds is 19. The van der Waals surface area contributed by atoms with E-state index < -0.39 is 10.8 Å². The zero-order valence-corrected chi connectivity index (χ0v) is 61.9. The third-order valence-corrected chi connectivity index (χ3v) is 24.0. The quantitative estimate of drug-likeness (QED) is 0.0744. The number of allylic oxidation sites excluding steroid dienone is 3. The molecule has 508 valence electrons. The van der Waals surface area contributed by atoms with Crippen LogP contribution in [0.1, 0.15) is 120 Å². The third kappa shape index (κ3) is 12.5. The van der Waals surface area contributed by atoms with Crippen molar-refractivity contribution in [1.29, 1.82) is 0 Å². The highest BCUT2D eigenvalue weighted by Gasteiger charge is 2.49. The topological polar surface area (TPSA) is 6.48 Å². The summed E-state index contributed by atoms with van der Waals surface area (Å²) < 4.78 is 0. The number of para-hydroxylation sites is 2. The molecule has 0 radical (unpaired) electrons. The van der Waals surface area contributed by atoms with Crippen molar-refractivity contribution in [3.05, 3.63) is 425 Å². The molecule has 0 heterocycles. The Hall–Kier alpha value is -10.9. The van der Waals surface area contributed by atoms with Crippen LogP contribution in [0, 0.1) is 0 Å². The monoisotopic (exact) mass is 1380 g/mol. The van der Waals surface area contributed by atoms with Crippen LogP contribution in [-0.2, 0) is 33.2 Å². The van der Waals surface area contributed by atoms with Crippen LogP contribution in [0.25, 0.3) is 45.5 Å². The molecule has 16 rings (SSSR count). The van der Waals surface area contributed by atoms with Crippen molar-refractivity contribution in [3.63, 3.8) is 0 Å². The van der Waals surface area contributed by atoms with Gasteiger partial charge in [-0.3, -0.25) is 0 Å². The summed E-state index contributed by atoms with van der Waals surface area (Å²) in [6.45, 7) is 21.8. The molecule has 13 aromatic rings. The van der Waals surface area contributed by atoms with Gasteiger partial charge in [0, 0.05) is 55.8 Å². The number of hydrogen-bond donors (Lipinski definition) is 0. The Balaban J connectivity index is 0.747. The molecule has 0 N–H and O–H groups in total. The fourth-order valence-corrected chi connectivity index (χ4v) is 18.0. The second-order valence-electron chi connectivity index (χ2n) is 29.9. The van der Waals surface area contributed by atoms with Crippen LogP contribution in [0.2, 0.25) is 0 Å². The van der Waals surface area contributed by atoms with E-state index >= 15 is 0 Å². The van der Waals surface area contributed by atoms with Gasteiger partial charge in [0.25, 0.3) is 0 Å². The summed E-state index contributed by atoms with van der Waals surface area (Å²) in [5.41, 5.74) is 30.5. The van der Waals surface area contributed by atoms with Gasteiger partial charge in [-0.05, 0) is 213 Å². The number of benzene rings is 13. The summed E-state index contributed by atoms with van der Waals surface area (Å²) >= 11 is 3.89. The predicted molar refractivity (Wildman–Crippen MR) is 447 cm³/mol. The summed E-state index contributed by atoms with van der Waals surface area (Å²) in [5.74, 6) is 1.84. The first-order chi connectivity index (χ1) is 50.7. The summed E-state index contributed by atoms with van der Waals surface area (Å²) in [6.07, 6.45) is 12.2. The summed E-state index contributed by atoms with van der Waals surface area (Å²) in [7, 11) is 0. The molecule has 13 aromatic carbocycles. The predicted octanol–water partition coefficient (Wildman–Crippen LogP) is 27.3. The van der Waals surface area contributed by atoms with Crippen molar-refractivity contribution in [3.8, 4) is 33.4 Å². The fraction of sp³-hybridized carbons (Fsp3) is 0.140. The smallest absolute Gasteiger partial charge is 0.0714 e. The molecule has 0 spiro atoms. The average molecular weight is 1380 g/mol. The van der Waals surface area contributed by atoms with Crippen molar-refractivity contribution in [2.45, 2.75) is 91.3 Å². The van der Waals surface area contributed by atoms with Crippen molar-refractivity contribution in [2.24, 2.45) is 0 Å². The van der Waals surface area contributed by atoms with E-state index in [1.165, 1.54) is 93.9 Å². The molecule has 0 saturated heterocycles. The first kappa shape index (κ1) is 67.6. The maximum atomic E-state index is 3.97. The molecule has 2 nitrogen and oxygen atoms in total. The Labute approximate surface area is 624 Å². The van der Waals surface area contributed by atoms with E-state index in [2.05, 4.69) is 398 Å². The molecule has 3 aliphatic carbocycles.